The highest BCUT2D eigenvalue weighted by molar-refractivity contribution is 6.12. The van der Waals surface area contributed by atoms with Gasteiger partial charge >= 0.3 is 0 Å². The smallest absolute Gasteiger partial charge is 0.240 e. The number of anilines is 1. The molecule has 1 aromatic rings. The van der Waals surface area contributed by atoms with Gasteiger partial charge in [0.2, 0.25) is 11.8 Å². The van der Waals surface area contributed by atoms with Crippen LogP contribution in [-0.2, 0) is 16.0 Å². The van der Waals surface area contributed by atoms with E-state index >= 15 is 0 Å². The molecule has 1 aliphatic rings. The first-order valence-electron chi connectivity index (χ1n) is 5.29. The maximum absolute atomic E-state index is 11.9. The Morgan fingerprint density at radius 1 is 1.50 bits per heavy atom. The van der Waals surface area contributed by atoms with Gasteiger partial charge in [-0.05, 0) is 24.5 Å². The Hall–Kier alpha value is -1.84. The van der Waals surface area contributed by atoms with Crippen LogP contribution in [0.25, 0.3) is 0 Å². The molecule has 2 amide bonds. The van der Waals surface area contributed by atoms with E-state index in [4.69, 9.17) is 5.73 Å². The van der Waals surface area contributed by atoms with E-state index in [1.54, 1.807) is 6.92 Å². The molecule has 0 spiro atoms. The van der Waals surface area contributed by atoms with Crippen LogP contribution in [0.1, 0.15) is 18.9 Å². The third-order valence-electron chi connectivity index (χ3n) is 3.27. The van der Waals surface area contributed by atoms with Crippen molar-refractivity contribution in [2.75, 3.05) is 5.32 Å². The monoisotopic (exact) mass is 218 g/mol. The van der Waals surface area contributed by atoms with Crippen LogP contribution in [0.2, 0.25) is 0 Å². The van der Waals surface area contributed by atoms with Crippen molar-refractivity contribution in [3.8, 4) is 0 Å². The highest BCUT2D eigenvalue weighted by Gasteiger charge is 2.45. The average molecular weight is 218 g/mol. The van der Waals surface area contributed by atoms with E-state index in [1.165, 1.54) is 0 Å². The van der Waals surface area contributed by atoms with Crippen LogP contribution in [0.4, 0.5) is 5.69 Å². The highest BCUT2D eigenvalue weighted by atomic mass is 16.2. The van der Waals surface area contributed by atoms with Gasteiger partial charge in [0.05, 0.1) is 0 Å². The van der Waals surface area contributed by atoms with Crippen LogP contribution < -0.4 is 11.1 Å². The Balaban J connectivity index is 2.48. The van der Waals surface area contributed by atoms with Gasteiger partial charge in [0, 0.05) is 5.69 Å². The Labute approximate surface area is 93.8 Å². The number of para-hydroxylation sites is 1. The number of amides is 2. The predicted octanol–water partition coefficient (Wildman–Crippen LogP) is 1.06. The van der Waals surface area contributed by atoms with Gasteiger partial charge in [-0.2, -0.15) is 0 Å². The number of nitrogens with one attached hydrogen (secondary N) is 1. The average Bonchev–Trinajstić information content (AvgIpc) is 2.27. The molecule has 1 aromatic carbocycles. The van der Waals surface area contributed by atoms with Crippen LogP contribution in [0.15, 0.2) is 24.3 Å². The maximum atomic E-state index is 11.9. The number of carbonyl (C=O) groups is 2. The normalized spacial score (nSPS) is 23.4. The molecule has 0 saturated carbocycles. The number of hydrogen-bond donors (Lipinski definition) is 2. The minimum atomic E-state index is -1.09. The summed E-state index contributed by atoms with van der Waals surface area (Å²) in [5, 5.41) is 2.74. The van der Waals surface area contributed by atoms with Crippen molar-refractivity contribution < 1.29 is 9.59 Å². The lowest BCUT2D eigenvalue weighted by Gasteiger charge is -2.33. The zero-order chi connectivity index (χ0) is 11.8. The molecule has 4 nitrogen and oxygen atoms in total. The largest absolute Gasteiger partial charge is 0.369 e. The molecule has 1 atom stereocenters. The van der Waals surface area contributed by atoms with E-state index in [0.29, 0.717) is 12.8 Å². The summed E-state index contributed by atoms with van der Waals surface area (Å²) in [6.07, 6.45) is 0.809. The summed E-state index contributed by atoms with van der Waals surface area (Å²) < 4.78 is 0. The second-order valence-corrected chi connectivity index (χ2v) is 4.09. The van der Waals surface area contributed by atoms with Crippen molar-refractivity contribution in [3.63, 3.8) is 0 Å². The number of benzene rings is 1. The third kappa shape index (κ3) is 1.38. The zero-order valence-electron chi connectivity index (χ0n) is 9.12. The molecule has 0 radical (unpaired) electrons. The van der Waals surface area contributed by atoms with E-state index in [9.17, 15) is 9.59 Å². The minimum absolute atomic E-state index is 0.291. The lowest BCUT2D eigenvalue weighted by atomic mass is 9.75. The van der Waals surface area contributed by atoms with Gasteiger partial charge in [0.25, 0.3) is 0 Å². The van der Waals surface area contributed by atoms with Gasteiger partial charge in [-0.25, -0.2) is 0 Å². The number of primary amides is 1. The van der Waals surface area contributed by atoms with Crippen LogP contribution in [-0.4, -0.2) is 11.8 Å². The standard InChI is InChI=1S/C12H14N2O2/c1-2-12(10(13)15)7-8-5-3-4-6-9(8)14-11(12)16/h3-6H,2,7H2,1H3,(H2,13,15)(H,14,16)/t12-/m1/s1. The molecule has 1 heterocycles. The Morgan fingerprint density at radius 2 is 2.19 bits per heavy atom. The highest BCUT2D eigenvalue weighted by Crippen LogP contribution is 2.35. The quantitative estimate of drug-likeness (QED) is 0.728. The molecule has 0 aliphatic carbocycles. The van der Waals surface area contributed by atoms with Crippen LogP contribution in [0.3, 0.4) is 0 Å². The Morgan fingerprint density at radius 3 is 2.81 bits per heavy atom. The van der Waals surface area contributed by atoms with Crippen LogP contribution >= 0.6 is 0 Å². The lowest BCUT2D eigenvalue weighted by Crippen LogP contribution is -2.50. The molecule has 2 rings (SSSR count). The molecule has 0 bridgehead atoms. The number of fused-ring (bicyclic) bond motifs is 1. The molecular weight excluding hydrogens is 204 g/mol. The predicted molar refractivity (Wildman–Crippen MR) is 60.7 cm³/mol. The second-order valence-electron chi connectivity index (χ2n) is 4.09. The summed E-state index contributed by atoms with van der Waals surface area (Å²) in [5.41, 5.74) is 6.01. The number of nitrogens with two attached hydrogens (primary N) is 1. The first-order chi connectivity index (χ1) is 7.60. The molecule has 3 N–H and O–H groups in total. The van der Waals surface area contributed by atoms with Crippen molar-refractivity contribution in [1.29, 1.82) is 0 Å². The third-order valence-corrected chi connectivity index (χ3v) is 3.27. The summed E-state index contributed by atoms with van der Waals surface area (Å²) in [4.78, 5) is 23.4. The van der Waals surface area contributed by atoms with Crippen molar-refractivity contribution in [1.82, 2.24) is 0 Å². The second kappa shape index (κ2) is 3.63. The van der Waals surface area contributed by atoms with Gasteiger partial charge in [0.15, 0.2) is 0 Å². The molecular formula is C12H14N2O2. The molecule has 1 aliphatic heterocycles. The van der Waals surface area contributed by atoms with Crippen LogP contribution in [0, 0.1) is 5.41 Å². The van der Waals surface area contributed by atoms with E-state index in [-0.39, 0.29) is 5.91 Å². The maximum Gasteiger partial charge on any atom is 0.240 e. The molecule has 0 unspecified atom stereocenters. The lowest BCUT2D eigenvalue weighted by molar-refractivity contribution is -0.139. The zero-order valence-corrected chi connectivity index (χ0v) is 9.12. The van der Waals surface area contributed by atoms with Gasteiger partial charge in [-0.3, -0.25) is 9.59 Å². The van der Waals surface area contributed by atoms with E-state index in [2.05, 4.69) is 5.32 Å². The summed E-state index contributed by atoms with van der Waals surface area (Å²) in [7, 11) is 0. The van der Waals surface area contributed by atoms with E-state index < -0.39 is 11.3 Å². The molecule has 84 valence electrons. The molecule has 0 saturated heterocycles. The van der Waals surface area contributed by atoms with Gasteiger partial charge < -0.3 is 11.1 Å². The minimum Gasteiger partial charge on any atom is -0.369 e. The fraction of sp³-hybridized carbons (Fsp3) is 0.333. The van der Waals surface area contributed by atoms with Gasteiger partial charge in [0.1, 0.15) is 5.41 Å². The molecule has 4 heteroatoms. The first kappa shape index (κ1) is 10.7. The SMILES string of the molecule is CC[C@]1(C(N)=O)Cc2ccccc2NC1=O. The fourth-order valence-electron chi connectivity index (χ4n) is 2.10. The number of hydrogen-bond acceptors (Lipinski definition) is 2. The number of rotatable bonds is 2. The molecule has 16 heavy (non-hydrogen) atoms. The molecule has 0 fully saturated rings. The van der Waals surface area contributed by atoms with Crippen LogP contribution in [0.5, 0.6) is 0 Å². The topological polar surface area (TPSA) is 72.2 Å². The van der Waals surface area contributed by atoms with E-state index in [1.807, 2.05) is 24.3 Å². The summed E-state index contributed by atoms with van der Waals surface area (Å²) in [6, 6.07) is 7.47. The van der Waals surface area contributed by atoms with Gasteiger partial charge in [-0.15, -0.1) is 0 Å². The summed E-state index contributed by atoms with van der Waals surface area (Å²) >= 11 is 0. The molecule has 0 aromatic heterocycles. The Bertz CT molecular complexity index is 456. The van der Waals surface area contributed by atoms with Crippen molar-refractivity contribution in [2.24, 2.45) is 11.1 Å². The number of carbonyl (C=O) groups excluding carboxylic acids is 2. The first-order valence-corrected chi connectivity index (χ1v) is 5.29. The fourth-order valence-corrected chi connectivity index (χ4v) is 2.10. The van der Waals surface area contributed by atoms with Gasteiger partial charge in [-0.1, -0.05) is 25.1 Å². The Kier molecular flexibility index (Phi) is 2.42. The van der Waals surface area contributed by atoms with Crippen molar-refractivity contribution >= 4 is 17.5 Å². The summed E-state index contributed by atoms with van der Waals surface area (Å²) in [6.45, 7) is 1.80. The van der Waals surface area contributed by atoms with Crippen molar-refractivity contribution in [3.05, 3.63) is 29.8 Å². The van der Waals surface area contributed by atoms with Crippen molar-refractivity contribution in [2.45, 2.75) is 19.8 Å². The van der Waals surface area contributed by atoms with E-state index in [0.717, 1.165) is 11.3 Å². The summed E-state index contributed by atoms with van der Waals surface area (Å²) in [5.74, 6) is -0.844.